The van der Waals surface area contributed by atoms with E-state index in [9.17, 15) is 0 Å². The molecule has 0 aromatic heterocycles. The molecule has 2 N–H and O–H groups in total. The molecule has 1 heteroatoms. The first-order valence-electron chi connectivity index (χ1n) is 6.80. The Bertz CT molecular complexity index is 176. The highest BCUT2D eigenvalue weighted by atomic mass is 14.6. The number of rotatable bonds is 3. The van der Waals surface area contributed by atoms with Gasteiger partial charge in [-0.2, -0.15) is 0 Å². The Labute approximate surface area is 95.8 Å². The Balaban J connectivity index is 2.61. The second-order valence-electron chi connectivity index (χ2n) is 5.96. The highest BCUT2D eigenvalue weighted by Crippen LogP contribution is 2.36. The zero-order valence-electron chi connectivity index (χ0n) is 11.0. The van der Waals surface area contributed by atoms with Gasteiger partial charge in [0.15, 0.2) is 0 Å². The minimum atomic E-state index is 0.466. The van der Waals surface area contributed by atoms with Gasteiger partial charge in [0.1, 0.15) is 0 Å². The molecule has 1 fully saturated rings. The van der Waals surface area contributed by atoms with Crippen molar-refractivity contribution >= 4 is 0 Å². The lowest BCUT2D eigenvalue weighted by atomic mass is 9.79. The SMILES string of the molecule is CCC(C)[C@@H]1CC(N)CCC(C(C)C)C1. The van der Waals surface area contributed by atoms with E-state index in [-0.39, 0.29) is 0 Å². The third-order valence-electron chi connectivity index (χ3n) is 4.51. The van der Waals surface area contributed by atoms with Crippen molar-refractivity contribution in [1.29, 1.82) is 0 Å². The lowest BCUT2D eigenvalue weighted by Crippen LogP contribution is -2.24. The second kappa shape index (κ2) is 5.89. The van der Waals surface area contributed by atoms with Crippen molar-refractivity contribution in [2.45, 2.75) is 65.8 Å². The van der Waals surface area contributed by atoms with Crippen molar-refractivity contribution in [1.82, 2.24) is 0 Å². The third kappa shape index (κ3) is 3.79. The minimum Gasteiger partial charge on any atom is -0.328 e. The predicted molar refractivity (Wildman–Crippen MR) is 67.7 cm³/mol. The van der Waals surface area contributed by atoms with Gasteiger partial charge in [0.05, 0.1) is 0 Å². The van der Waals surface area contributed by atoms with Crippen LogP contribution in [0.2, 0.25) is 0 Å². The van der Waals surface area contributed by atoms with Crippen molar-refractivity contribution in [2.75, 3.05) is 0 Å². The monoisotopic (exact) mass is 211 g/mol. The summed E-state index contributed by atoms with van der Waals surface area (Å²) in [6.07, 6.45) is 6.59. The molecule has 0 heterocycles. The van der Waals surface area contributed by atoms with Gasteiger partial charge in [0.2, 0.25) is 0 Å². The smallest absolute Gasteiger partial charge is 0.00416 e. The van der Waals surface area contributed by atoms with Crippen molar-refractivity contribution in [3.63, 3.8) is 0 Å². The van der Waals surface area contributed by atoms with Gasteiger partial charge in [-0.25, -0.2) is 0 Å². The molecule has 0 aromatic rings. The minimum absolute atomic E-state index is 0.466. The molecule has 0 radical (unpaired) electrons. The maximum atomic E-state index is 6.18. The Morgan fingerprint density at radius 3 is 2.27 bits per heavy atom. The van der Waals surface area contributed by atoms with Gasteiger partial charge in [-0.3, -0.25) is 0 Å². The summed E-state index contributed by atoms with van der Waals surface area (Å²) in [5.41, 5.74) is 6.18. The maximum Gasteiger partial charge on any atom is 0.00416 e. The van der Waals surface area contributed by atoms with Crippen LogP contribution in [-0.2, 0) is 0 Å². The van der Waals surface area contributed by atoms with E-state index in [1.54, 1.807) is 0 Å². The molecule has 3 unspecified atom stereocenters. The summed E-state index contributed by atoms with van der Waals surface area (Å²) in [5.74, 6) is 3.48. The van der Waals surface area contributed by atoms with Gasteiger partial charge in [-0.15, -0.1) is 0 Å². The van der Waals surface area contributed by atoms with E-state index in [0.717, 1.165) is 23.7 Å². The Morgan fingerprint density at radius 1 is 1.07 bits per heavy atom. The highest BCUT2D eigenvalue weighted by molar-refractivity contribution is 4.81. The Morgan fingerprint density at radius 2 is 1.73 bits per heavy atom. The van der Waals surface area contributed by atoms with Gasteiger partial charge in [-0.1, -0.05) is 34.1 Å². The Kier molecular flexibility index (Phi) is 5.11. The average Bonchev–Trinajstić information content (AvgIpc) is 2.39. The molecule has 90 valence electrons. The zero-order chi connectivity index (χ0) is 11.4. The van der Waals surface area contributed by atoms with E-state index in [1.165, 1.54) is 32.1 Å². The summed E-state index contributed by atoms with van der Waals surface area (Å²) < 4.78 is 0. The topological polar surface area (TPSA) is 26.0 Å². The molecule has 0 aliphatic heterocycles. The van der Waals surface area contributed by atoms with Crippen LogP contribution in [0.3, 0.4) is 0 Å². The highest BCUT2D eigenvalue weighted by Gasteiger charge is 2.28. The molecule has 4 atom stereocenters. The standard InChI is InChI=1S/C14H29N/c1-5-11(4)13-8-12(10(2)3)6-7-14(15)9-13/h10-14H,5-9,15H2,1-4H3/t11?,12?,13-,14?/m0/s1. The lowest BCUT2D eigenvalue weighted by molar-refractivity contribution is 0.238. The second-order valence-corrected chi connectivity index (χ2v) is 5.96. The van der Waals surface area contributed by atoms with Gasteiger partial charge < -0.3 is 5.73 Å². The molecule has 0 aromatic carbocycles. The molecule has 15 heavy (non-hydrogen) atoms. The van der Waals surface area contributed by atoms with Crippen LogP contribution in [0.25, 0.3) is 0 Å². The summed E-state index contributed by atoms with van der Waals surface area (Å²) in [5, 5.41) is 0. The maximum absolute atomic E-state index is 6.18. The summed E-state index contributed by atoms with van der Waals surface area (Å²) >= 11 is 0. The molecule has 1 rings (SSSR count). The van der Waals surface area contributed by atoms with E-state index in [2.05, 4.69) is 27.7 Å². The predicted octanol–water partition coefficient (Wildman–Crippen LogP) is 3.82. The first-order valence-corrected chi connectivity index (χ1v) is 6.80. The molecule has 0 amide bonds. The van der Waals surface area contributed by atoms with Crippen LogP contribution in [0.1, 0.15) is 59.8 Å². The fourth-order valence-corrected chi connectivity index (χ4v) is 2.94. The van der Waals surface area contributed by atoms with Crippen molar-refractivity contribution < 1.29 is 0 Å². The van der Waals surface area contributed by atoms with Crippen LogP contribution in [-0.4, -0.2) is 6.04 Å². The van der Waals surface area contributed by atoms with E-state index < -0.39 is 0 Å². The number of hydrogen-bond acceptors (Lipinski definition) is 1. The fraction of sp³-hybridized carbons (Fsp3) is 1.00. The molecular formula is C14H29N. The summed E-state index contributed by atoms with van der Waals surface area (Å²) in [6, 6.07) is 0.466. The molecule has 0 saturated heterocycles. The van der Waals surface area contributed by atoms with E-state index >= 15 is 0 Å². The van der Waals surface area contributed by atoms with Crippen LogP contribution in [0.4, 0.5) is 0 Å². The van der Waals surface area contributed by atoms with Crippen LogP contribution in [0.15, 0.2) is 0 Å². The fourth-order valence-electron chi connectivity index (χ4n) is 2.94. The van der Waals surface area contributed by atoms with Crippen LogP contribution < -0.4 is 5.73 Å². The first kappa shape index (κ1) is 13.0. The number of nitrogens with two attached hydrogens (primary N) is 1. The van der Waals surface area contributed by atoms with Crippen molar-refractivity contribution in [3.8, 4) is 0 Å². The summed E-state index contributed by atoms with van der Waals surface area (Å²) in [4.78, 5) is 0. The molecule has 0 spiro atoms. The van der Waals surface area contributed by atoms with Crippen molar-refractivity contribution in [2.24, 2.45) is 29.4 Å². The largest absolute Gasteiger partial charge is 0.328 e. The van der Waals surface area contributed by atoms with Gasteiger partial charge in [-0.05, 0) is 49.4 Å². The quantitative estimate of drug-likeness (QED) is 0.706. The normalized spacial score (nSPS) is 35.2. The van der Waals surface area contributed by atoms with E-state index in [0.29, 0.717) is 6.04 Å². The van der Waals surface area contributed by atoms with Crippen molar-refractivity contribution in [3.05, 3.63) is 0 Å². The summed E-state index contributed by atoms with van der Waals surface area (Å²) in [7, 11) is 0. The lowest BCUT2D eigenvalue weighted by Gasteiger charge is -2.27. The number of hydrogen-bond donors (Lipinski definition) is 1. The van der Waals surface area contributed by atoms with E-state index in [1.807, 2.05) is 0 Å². The van der Waals surface area contributed by atoms with Gasteiger partial charge >= 0.3 is 0 Å². The van der Waals surface area contributed by atoms with E-state index in [4.69, 9.17) is 5.73 Å². The Hall–Kier alpha value is -0.0400. The average molecular weight is 211 g/mol. The van der Waals surface area contributed by atoms with Gasteiger partial charge in [0, 0.05) is 6.04 Å². The van der Waals surface area contributed by atoms with Gasteiger partial charge in [0.25, 0.3) is 0 Å². The molecule has 1 aliphatic carbocycles. The molecule has 1 saturated carbocycles. The van der Waals surface area contributed by atoms with Crippen LogP contribution in [0.5, 0.6) is 0 Å². The molecule has 0 bridgehead atoms. The first-order chi connectivity index (χ1) is 7.04. The zero-order valence-corrected chi connectivity index (χ0v) is 11.0. The molecule has 1 nitrogen and oxygen atoms in total. The third-order valence-corrected chi connectivity index (χ3v) is 4.51. The van der Waals surface area contributed by atoms with Crippen LogP contribution >= 0.6 is 0 Å². The molecular weight excluding hydrogens is 182 g/mol. The molecule has 1 aliphatic rings. The summed E-state index contributed by atoms with van der Waals surface area (Å²) in [6.45, 7) is 9.45. The van der Waals surface area contributed by atoms with Crippen LogP contribution in [0, 0.1) is 23.7 Å².